The fraction of sp³-hybridized carbons (Fsp3) is 0. The Bertz CT molecular complexity index is 371. The predicted octanol–water partition coefficient (Wildman–Crippen LogP) is 2.61. The SMILES string of the molecule is Clc1ccc(Sc2ncc[nH]2)nc1. The lowest BCUT2D eigenvalue weighted by atomic mass is 10.5. The van der Waals surface area contributed by atoms with Crippen molar-refractivity contribution < 1.29 is 0 Å². The first-order valence-corrected chi connectivity index (χ1v) is 4.83. The Balaban J connectivity index is 2.15. The van der Waals surface area contributed by atoms with E-state index in [0.29, 0.717) is 5.02 Å². The van der Waals surface area contributed by atoms with Crippen molar-refractivity contribution in [1.82, 2.24) is 15.0 Å². The zero-order valence-electron chi connectivity index (χ0n) is 6.57. The molecule has 3 nitrogen and oxygen atoms in total. The van der Waals surface area contributed by atoms with Crippen molar-refractivity contribution >= 4 is 23.4 Å². The molecule has 5 heteroatoms. The number of nitrogens with one attached hydrogen (secondary N) is 1. The highest BCUT2D eigenvalue weighted by Gasteiger charge is 1.99. The second kappa shape index (κ2) is 3.81. The average molecular weight is 212 g/mol. The highest BCUT2D eigenvalue weighted by atomic mass is 35.5. The van der Waals surface area contributed by atoms with Gasteiger partial charge in [-0.3, -0.25) is 0 Å². The largest absolute Gasteiger partial charge is 0.339 e. The van der Waals surface area contributed by atoms with Crippen LogP contribution in [0, 0.1) is 0 Å². The summed E-state index contributed by atoms with van der Waals surface area (Å²) < 4.78 is 0. The van der Waals surface area contributed by atoms with Crippen LogP contribution < -0.4 is 0 Å². The number of nitrogens with zero attached hydrogens (tertiary/aromatic N) is 2. The van der Waals surface area contributed by atoms with Gasteiger partial charge in [-0.05, 0) is 23.9 Å². The molecule has 0 bridgehead atoms. The minimum Gasteiger partial charge on any atom is -0.339 e. The van der Waals surface area contributed by atoms with E-state index in [0.717, 1.165) is 10.2 Å². The molecule has 0 amide bonds. The van der Waals surface area contributed by atoms with Crippen molar-refractivity contribution in [3.05, 3.63) is 35.7 Å². The first-order chi connectivity index (χ1) is 6.34. The van der Waals surface area contributed by atoms with Crippen LogP contribution >= 0.6 is 23.4 Å². The molecule has 0 aliphatic heterocycles. The highest BCUT2D eigenvalue weighted by Crippen LogP contribution is 2.22. The summed E-state index contributed by atoms with van der Waals surface area (Å²) in [5.74, 6) is 0. The van der Waals surface area contributed by atoms with E-state index < -0.39 is 0 Å². The van der Waals surface area contributed by atoms with Crippen LogP contribution in [0.3, 0.4) is 0 Å². The number of H-pyrrole nitrogens is 1. The third kappa shape index (κ3) is 2.23. The average Bonchev–Trinajstić information content (AvgIpc) is 2.62. The van der Waals surface area contributed by atoms with Gasteiger partial charge >= 0.3 is 0 Å². The van der Waals surface area contributed by atoms with E-state index in [4.69, 9.17) is 11.6 Å². The van der Waals surface area contributed by atoms with Gasteiger partial charge in [-0.15, -0.1) is 0 Å². The lowest BCUT2D eigenvalue weighted by Gasteiger charge is -1.95. The summed E-state index contributed by atoms with van der Waals surface area (Å²) in [5, 5.41) is 2.35. The zero-order valence-corrected chi connectivity index (χ0v) is 8.14. The van der Waals surface area contributed by atoms with E-state index in [1.807, 2.05) is 6.07 Å². The number of aromatic nitrogens is 3. The van der Waals surface area contributed by atoms with Gasteiger partial charge in [-0.25, -0.2) is 9.97 Å². The van der Waals surface area contributed by atoms with Gasteiger partial charge < -0.3 is 4.98 Å². The number of imidazole rings is 1. The molecule has 0 atom stereocenters. The molecule has 2 aromatic heterocycles. The molecular formula is C8H6ClN3S. The van der Waals surface area contributed by atoms with Crippen molar-refractivity contribution in [3.8, 4) is 0 Å². The number of aromatic amines is 1. The molecule has 2 rings (SSSR count). The number of pyridine rings is 1. The quantitative estimate of drug-likeness (QED) is 0.830. The maximum Gasteiger partial charge on any atom is 0.171 e. The Morgan fingerprint density at radius 3 is 2.85 bits per heavy atom. The first kappa shape index (κ1) is 8.59. The summed E-state index contributed by atoms with van der Waals surface area (Å²) in [7, 11) is 0. The van der Waals surface area contributed by atoms with Crippen LogP contribution in [0.25, 0.3) is 0 Å². The third-order valence-electron chi connectivity index (χ3n) is 1.37. The first-order valence-electron chi connectivity index (χ1n) is 3.63. The third-order valence-corrected chi connectivity index (χ3v) is 2.47. The molecule has 13 heavy (non-hydrogen) atoms. The standard InChI is InChI=1S/C8H6ClN3S/c9-6-1-2-7(12-5-6)13-8-10-3-4-11-8/h1-5H,(H,10,11). The van der Waals surface area contributed by atoms with Gasteiger partial charge in [0.05, 0.1) is 5.02 Å². The Hall–Kier alpha value is -1.00. The molecule has 0 aliphatic carbocycles. The molecule has 0 fully saturated rings. The summed E-state index contributed by atoms with van der Waals surface area (Å²) in [6.45, 7) is 0. The molecule has 2 aromatic rings. The van der Waals surface area contributed by atoms with Crippen LogP contribution in [-0.2, 0) is 0 Å². The minimum atomic E-state index is 0.642. The minimum absolute atomic E-state index is 0.642. The van der Waals surface area contributed by atoms with Gasteiger partial charge in [0, 0.05) is 18.6 Å². The molecule has 0 spiro atoms. The van der Waals surface area contributed by atoms with E-state index in [2.05, 4.69) is 15.0 Å². The van der Waals surface area contributed by atoms with E-state index >= 15 is 0 Å². The van der Waals surface area contributed by atoms with Gasteiger partial charge in [-0.2, -0.15) is 0 Å². The number of rotatable bonds is 2. The summed E-state index contributed by atoms with van der Waals surface area (Å²) in [5.41, 5.74) is 0. The lowest BCUT2D eigenvalue weighted by Crippen LogP contribution is -1.79. The molecule has 0 radical (unpaired) electrons. The summed E-state index contributed by atoms with van der Waals surface area (Å²) in [6, 6.07) is 3.66. The van der Waals surface area contributed by atoms with Crippen LogP contribution in [0.4, 0.5) is 0 Å². The van der Waals surface area contributed by atoms with Gasteiger partial charge in [0.25, 0.3) is 0 Å². The molecule has 0 unspecified atom stereocenters. The topological polar surface area (TPSA) is 41.6 Å². The van der Waals surface area contributed by atoms with E-state index in [1.54, 1.807) is 24.7 Å². The van der Waals surface area contributed by atoms with Crippen molar-refractivity contribution in [2.75, 3.05) is 0 Å². The van der Waals surface area contributed by atoms with Crippen molar-refractivity contribution in [1.29, 1.82) is 0 Å². The van der Waals surface area contributed by atoms with Crippen molar-refractivity contribution in [2.24, 2.45) is 0 Å². The van der Waals surface area contributed by atoms with E-state index in [-0.39, 0.29) is 0 Å². The van der Waals surface area contributed by atoms with Crippen molar-refractivity contribution in [3.63, 3.8) is 0 Å². The summed E-state index contributed by atoms with van der Waals surface area (Å²) in [4.78, 5) is 11.2. The monoisotopic (exact) mass is 211 g/mol. The van der Waals surface area contributed by atoms with Crippen molar-refractivity contribution in [2.45, 2.75) is 10.2 Å². The molecule has 0 aromatic carbocycles. The second-order valence-corrected chi connectivity index (χ2v) is 3.76. The van der Waals surface area contributed by atoms with Crippen LogP contribution in [0.2, 0.25) is 5.02 Å². The molecule has 0 saturated carbocycles. The van der Waals surface area contributed by atoms with Gasteiger partial charge in [0.1, 0.15) is 5.03 Å². The maximum absolute atomic E-state index is 5.70. The molecule has 0 aliphatic rings. The van der Waals surface area contributed by atoms with Gasteiger partial charge in [-0.1, -0.05) is 11.6 Å². The number of hydrogen-bond donors (Lipinski definition) is 1. The normalized spacial score (nSPS) is 10.2. The van der Waals surface area contributed by atoms with Crippen LogP contribution in [0.15, 0.2) is 40.9 Å². The fourth-order valence-electron chi connectivity index (χ4n) is 0.828. The summed E-state index contributed by atoms with van der Waals surface area (Å²) >= 11 is 7.16. The molecule has 1 N–H and O–H groups in total. The fourth-order valence-corrected chi connectivity index (χ4v) is 1.62. The van der Waals surface area contributed by atoms with Crippen LogP contribution in [-0.4, -0.2) is 15.0 Å². The molecule has 0 saturated heterocycles. The molecular weight excluding hydrogens is 206 g/mol. The van der Waals surface area contributed by atoms with Crippen LogP contribution in [0.5, 0.6) is 0 Å². The molecule has 2 heterocycles. The Morgan fingerprint density at radius 2 is 2.23 bits per heavy atom. The number of hydrogen-bond acceptors (Lipinski definition) is 3. The van der Waals surface area contributed by atoms with Crippen LogP contribution in [0.1, 0.15) is 0 Å². The number of halogens is 1. The van der Waals surface area contributed by atoms with E-state index in [9.17, 15) is 0 Å². The Labute approximate surface area is 84.6 Å². The Kier molecular flexibility index (Phi) is 2.52. The Morgan fingerprint density at radius 1 is 1.31 bits per heavy atom. The van der Waals surface area contributed by atoms with E-state index in [1.165, 1.54) is 11.8 Å². The lowest BCUT2D eigenvalue weighted by molar-refractivity contribution is 1.04. The van der Waals surface area contributed by atoms with Gasteiger partial charge in [0.2, 0.25) is 0 Å². The highest BCUT2D eigenvalue weighted by molar-refractivity contribution is 7.99. The molecule has 66 valence electrons. The second-order valence-electron chi connectivity index (χ2n) is 2.31. The summed E-state index contributed by atoms with van der Waals surface area (Å²) in [6.07, 6.45) is 5.10. The maximum atomic E-state index is 5.70. The predicted molar refractivity (Wildman–Crippen MR) is 52.0 cm³/mol. The van der Waals surface area contributed by atoms with Gasteiger partial charge in [0.15, 0.2) is 5.16 Å². The zero-order chi connectivity index (χ0) is 9.10. The smallest absolute Gasteiger partial charge is 0.171 e.